The first-order chi connectivity index (χ1) is 10.5. The Morgan fingerprint density at radius 2 is 1.86 bits per heavy atom. The Balaban J connectivity index is 1.79. The van der Waals surface area contributed by atoms with Crippen molar-refractivity contribution >= 4 is 11.3 Å². The summed E-state index contributed by atoms with van der Waals surface area (Å²) in [7, 11) is 0. The maximum Gasteiger partial charge on any atom is 0.0930 e. The van der Waals surface area contributed by atoms with Crippen LogP contribution in [-0.2, 0) is 19.4 Å². The lowest BCUT2D eigenvalue weighted by atomic mass is 10.0. The van der Waals surface area contributed by atoms with Crippen LogP contribution in [0.1, 0.15) is 36.2 Å². The molecule has 0 spiro atoms. The zero-order chi connectivity index (χ0) is 15.9. The quantitative estimate of drug-likeness (QED) is 0.784. The van der Waals surface area contributed by atoms with E-state index >= 15 is 0 Å². The van der Waals surface area contributed by atoms with Gasteiger partial charge < -0.3 is 10.4 Å². The molecule has 0 fully saturated rings. The van der Waals surface area contributed by atoms with Crippen molar-refractivity contribution in [3.05, 3.63) is 52.0 Å². The van der Waals surface area contributed by atoms with E-state index in [-0.39, 0.29) is 12.1 Å². The van der Waals surface area contributed by atoms with Crippen molar-refractivity contribution < 1.29 is 5.11 Å². The fourth-order valence-corrected chi connectivity index (χ4v) is 3.39. The number of hydrogen-bond acceptors (Lipinski definition) is 4. The number of aliphatic hydroxyl groups excluding tert-OH is 1. The van der Waals surface area contributed by atoms with Crippen molar-refractivity contribution in [3.8, 4) is 0 Å². The van der Waals surface area contributed by atoms with Crippen LogP contribution in [0.3, 0.4) is 0 Å². The number of benzene rings is 1. The molecule has 2 aromatic rings. The van der Waals surface area contributed by atoms with E-state index in [1.165, 1.54) is 15.4 Å². The lowest BCUT2D eigenvalue weighted by Crippen LogP contribution is -2.38. The summed E-state index contributed by atoms with van der Waals surface area (Å²) in [6.07, 6.45) is 3.28. The monoisotopic (exact) mass is 318 g/mol. The van der Waals surface area contributed by atoms with Gasteiger partial charge in [0.1, 0.15) is 0 Å². The first-order valence-electron chi connectivity index (χ1n) is 7.93. The highest BCUT2D eigenvalue weighted by Gasteiger charge is 2.14. The zero-order valence-electron chi connectivity index (χ0n) is 13.6. The maximum absolute atomic E-state index is 10.3. The summed E-state index contributed by atoms with van der Waals surface area (Å²) in [5.74, 6) is 0.638. The summed E-state index contributed by atoms with van der Waals surface area (Å²) in [6.45, 7) is 7.22. The van der Waals surface area contributed by atoms with Gasteiger partial charge in [-0.2, -0.15) is 0 Å². The molecule has 0 bridgehead atoms. The van der Waals surface area contributed by atoms with Gasteiger partial charge in [-0.25, -0.2) is 4.98 Å². The molecule has 22 heavy (non-hydrogen) atoms. The third-order valence-electron chi connectivity index (χ3n) is 3.65. The fourth-order valence-electron chi connectivity index (χ4n) is 2.30. The molecule has 2 N–H and O–H groups in total. The van der Waals surface area contributed by atoms with Crippen molar-refractivity contribution in [1.82, 2.24) is 10.3 Å². The fraction of sp³-hybridized carbons (Fsp3) is 0.500. The average molecular weight is 318 g/mol. The number of aromatic nitrogens is 1. The molecule has 3 nitrogen and oxygen atoms in total. The van der Waals surface area contributed by atoms with Crippen molar-refractivity contribution in [2.75, 3.05) is 0 Å². The molecule has 4 heteroatoms. The van der Waals surface area contributed by atoms with E-state index in [0.717, 1.165) is 13.0 Å². The van der Waals surface area contributed by atoms with E-state index in [1.54, 1.807) is 11.3 Å². The molecule has 0 saturated carbocycles. The van der Waals surface area contributed by atoms with Gasteiger partial charge in [0.2, 0.25) is 0 Å². The molecule has 0 aliphatic heterocycles. The summed E-state index contributed by atoms with van der Waals surface area (Å²) < 4.78 is 0. The molecule has 0 radical (unpaired) electrons. The van der Waals surface area contributed by atoms with Gasteiger partial charge in [0, 0.05) is 30.1 Å². The normalized spacial score (nSPS) is 14.2. The Hall–Kier alpha value is -1.23. The topological polar surface area (TPSA) is 45.2 Å². The van der Waals surface area contributed by atoms with Crippen LogP contribution in [0.15, 0.2) is 36.5 Å². The largest absolute Gasteiger partial charge is 0.391 e. The minimum absolute atomic E-state index is 0.0517. The van der Waals surface area contributed by atoms with Crippen LogP contribution in [0.5, 0.6) is 0 Å². The Bertz CT molecular complexity index is 553. The van der Waals surface area contributed by atoms with Gasteiger partial charge in [-0.15, -0.1) is 11.3 Å². The number of aliphatic hydroxyl groups is 1. The van der Waals surface area contributed by atoms with E-state index in [9.17, 15) is 5.11 Å². The van der Waals surface area contributed by atoms with Gasteiger partial charge in [0.15, 0.2) is 0 Å². The lowest BCUT2D eigenvalue weighted by molar-refractivity contribution is 0.134. The number of rotatable bonds is 8. The Morgan fingerprint density at radius 3 is 2.55 bits per heavy atom. The third-order valence-corrected chi connectivity index (χ3v) is 4.67. The summed E-state index contributed by atoms with van der Waals surface area (Å²) in [5.41, 5.74) is 1.17. The SMILES string of the molecule is CC(C)Cc1ncc(CNC(C)C(O)Cc2ccccc2)s1. The molecule has 2 unspecified atom stereocenters. The van der Waals surface area contributed by atoms with Crippen LogP contribution in [-0.4, -0.2) is 22.2 Å². The second-order valence-electron chi connectivity index (χ2n) is 6.24. The van der Waals surface area contributed by atoms with Crippen LogP contribution in [0.25, 0.3) is 0 Å². The lowest BCUT2D eigenvalue weighted by Gasteiger charge is -2.20. The zero-order valence-corrected chi connectivity index (χ0v) is 14.4. The minimum Gasteiger partial charge on any atom is -0.391 e. The first kappa shape index (κ1) is 17.1. The molecule has 120 valence electrons. The number of thiazole rings is 1. The highest BCUT2D eigenvalue weighted by Crippen LogP contribution is 2.16. The predicted molar refractivity (Wildman–Crippen MR) is 93.1 cm³/mol. The molecular formula is C18H26N2OS. The molecular weight excluding hydrogens is 292 g/mol. The van der Waals surface area contributed by atoms with Gasteiger partial charge in [-0.3, -0.25) is 0 Å². The van der Waals surface area contributed by atoms with E-state index in [1.807, 2.05) is 31.3 Å². The molecule has 1 aromatic heterocycles. The predicted octanol–water partition coefficient (Wildman–Crippen LogP) is 3.42. The molecule has 0 aliphatic rings. The molecule has 0 amide bonds. The highest BCUT2D eigenvalue weighted by molar-refractivity contribution is 7.11. The maximum atomic E-state index is 10.3. The van der Waals surface area contributed by atoms with Crippen LogP contribution in [0, 0.1) is 5.92 Å². The average Bonchev–Trinajstić information content (AvgIpc) is 2.92. The van der Waals surface area contributed by atoms with Gasteiger partial charge >= 0.3 is 0 Å². The van der Waals surface area contributed by atoms with E-state index in [0.29, 0.717) is 12.3 Å². The van der Waals surface area contributed by atoms with E-state index < -0.39 is 0 Å². The van der Waals surface area contributed by atoms with Crippen molar-refractivity contribution in [3.63, 3.8) is 0 Å². The second-order valence-corrected chi connectivity index (χ2v) is 7.44. The highest BCUT2D eigenvalue weighted by atomic mass is 32.1. The number of nitrogens with zero attached hydrogens (tertiary/aromatic N) is 1. The Labute approximate surface area is 137 Å². The van der Waals surface area contributed by atoms with Crippen molar-refractivity contribution in [2.45, 2.75) is 52.3 Å². The second kappa shape index (κ2) is 8.42. The van der Waals surface area contributed by atoms with Crippen LogP contribution >= 0.6 is 11.3 Å². The molecule has 0 saturated heterocycles. The van der Waals surface area contributed by atoms with Crippen molar-refractivity contribution in [1.29, 1.82) is 0 Å². The third kappa shape index (κ3) is 5.52. The summed E-state index contributed by atoms with van der Waals surface area (Å²) in [4.78, 5) is 5.69. The molecule has 1 heterocycles. The summed E-state index contributed by atoms with van der Waals surface area (Å²) >= 11 is 1.76. The smallest absolute Gasteiger partial charge is 0.0930 e. The van der Waals surface area contributed by atoms with Gasteiger partial charge in [-0.1, -0.05) is 44.2 Å². The summed E-state index contributed by atoms with van der Waals surface area (Å²) in [6, 6.07) is 10.2. The summed E-state index contributed by atoms with van der Waals surface area (Å²) in [5, 5.41) is 14.9. The Kier molecular flexibility index (Phi) is 6.55. The van der Waals surface area contributed by atoms with Crippen LogP contribution in [0.4, 0.5) is 0 Å². The van der Waals surface area contributed by atoms with E-state index in [4.69, 9.17) is 0 Å². The number of hydrogen-bond donors (Lipinski definition) is 2. The molecule has 0 aliphatic carbocycles. The van der Waals surface area contributed by atoms with Crippen LogP contribution < -0.4 is 5.32 Å². The number of nitrogens with one attached hydrogen (secondary N) is 1. The van der Waals surface area contributed by atoms with Crippen LogP contribution in [0.2, 0.25) is 0 Å². The standard InChI is InChI=1S/C18H26N2OS/c1-13(2)9-18-20-12-16(22-18)11-19-14(3)17(21)10-15-7-5-4-6-8-15/h4-8,12-14,17,19,21H,9-11H2,1-3H3. The Morgan fingerprint density at radius 1 is 1.14 bits per heavy atom. The van der Waals surface area contributed by atoms with E-state index in [2.05, 4.69) is 36.3 Å². The van der Waals surface area contributed by atoms with Crippen molar-refractivity contribution in [2.24, 2.45) is 5.92 Å². The molecule has 2 atom stereocenters. The molecule has 1 aromatic carbocycles. The minimum atomic E-state index is -0.384. The molecule has 2 rings (SSSR count). The van der Waals surface area contributed by atoms with Gasteiger partial charge in [0.25, 0.3) is 0 Å². The first-order valence-corrected chi connectivity index (χ1v) is 8.75. The van der Waals surface area contributed by atoms with Gasteiger partial charge in [0.05, 0.1) is 11.1 Å². The van der Waals surface area contributed by atoms with Gasteiger partial charge in [-0.05, 0) is 24.8 Å².